The topological polar surface area (TPSA) is 75.6 Å². The van der Waals surface area contributed by atoms with Crippen molar-refractivity contribution in [1.82, 2.24) is 25.1 Å². The lowest BCUT2D eigenvalue weighted by molar-refractivity contribution is -0.121. The molecule has 0 saturated heterocycles. The molecule has 0 aliphatic heterocycles. The van der Waals surface area contributed by atoms with Gasteiger partial charge >= 0.3 is 0 Å². The smallest absolute Gasteiger partial charge is 0.225 e. The molecule has 0 fully saturated rings. The van der Waals surface area contributed by atoms with E-state index in [4.69, 9.17) is 4.98 Å². The Kier molecular flexibility index (Phi) is 5.11. The quantitative estimate of drug-likeness (QED) is 0.713. The number of carbonyl (C=O) groups excluding carboxylic acids is 1. The Morgan fingerprint density at radius 1 is 1.31 bits per heavy atom. The summed E-state index contributed by atoms with van der Waals surface area (Å²) in [4.78, 5) is 20.8. The molecule has 0 radical (unpaired) electrons. The molecule has 0 bridgehead atoms. The highest BCUT2D eigenvalue weighted by Gasteiger charge is 2.24. The molecule has 2 N–H and O–H groups in total. The molecule has 26 heavy (non-hydrogen) atoms. The zero-order valence-corrected chi connectivity index (χ0v) is 16.1. The Hall–Kier alpha value is -2.63. The maximum atomic E-state index is 12.8. The molecule has 6 nitrogen and oxygen atoms in total. The number of aryl methyl sites for hydroxylation is 2. The van der Waals surface area contributed by atoms with E-state index in [1.807, 2.05) is 49.8 Å². The van der Waals surface area contributed by atoms with E-state index in [1.165, 1.54) is 0 Å². The Bertz CT molecular complexity index is 891. The molecule has 0 saturated carbocycles. The first kappa shape index (κ1) is 18.2. The molecular weight excluding hydrogens is 326 g/mol. The van der Waals surface area contributed by atoms with E-state index in [-0.39, 0.29) is 17.9 Å². The second kappa shape index (κ2) is 7.32. The third-order valence-corrected chi connectivity index (χ3v) is 5.23. The highest BCUT2D eigenvalue weighted by Crippen LogP contribution is 2.25. The second-order valence-electron chi connectivity index (χ2n) is 7.02. The van der Waals surface area contributed by atoms with Gasteiger partial charge in [-0.3, -0.25) is 9.48 Å². The SMILES string of the molecule is CC[C@@H](C)[C@H](NC(=O)Cc1c(C)nn(C)c1C)c1nc2ccccc2[nH]1. The van der Waals surface area contributed by atoms with Gasteiger partial charge in [-0.1, -0.05) is 32.4 Å². The van der Waals surface area contributed by atoms with Gasteiger partial charge in [-0.05, 0) is 31.9 Å². The van der Waals surface area contributed by atoms with Crippen LogP contribution in [0.2, 0.25) is 0 Å². The maximum absolute atomic E-state index is 12.8. The number of benzene rings is 1. The first-order chi connectivity index (χ1) is 12.4. The third kappa shape index (κ3) is 3.49. The minimum Gasteiger partial charge on any atom is -0.346 e. The van der Waals surface area contributed by atoms with Crippen molar-refractivity contribution >= 4 is 16.9 Å². The summed E-state index contributed by atoms with van der Waals surface area (Å²) in [5.74, 6) is 1.08. The van der Waals surface area contributed by atoms with Crippen LogP contribution in [0.3, 0.4) is 0 Å². The predicted octanol–water partition coefficient (Wildman–Crippen LogP) is 3.36. The number of aromatic amines is 1. The van der Waals surface area contributed by atoms with Gasteiger partial charge in [0.05, 0.1) is 29.2 Å². The molecule has 2 atom stereocenters. The molecule has 0 unspecified atom stereocenters. The molecule has 2 aromatic heterocycles. The summed E-state index contributed by atoms with van der Waals surface area (Å²) < 4.78 is 1.82. The number of carbonyl (C=O) groups is 1. The first-order valence-electron chi connectivity index (χ1n) is 9.13. The van der Waals surface area contributed by atoms with Crippen molar-refractivity contribution in [2.45, 2.75) is 46.6 Å². The molecule has 2 heterocycles. The van der Waals surface area contributed by atoms with Crippen LogP contribution in [-0.2, 0) is 18.3 Å². The molecule has 0 aliphatic rings. The number of hydrogen-bond donors (Lipinski definition) is 2. The summed E-state index contributed by atoms with van der Waals surface area (Å²) in [6.45, 7) is 8.20. The van der Waals surface area contributed by atoms with Gasteiger partial charge in [-0.2, -0.15) is 5.10 Å². The number of nitrogens with zero attached hydrogens (tertiary/aromatic N) is 3. The first-order valence-corrected chi connectivity index (χ1v) is 9.13. The number of fused-ring (bicyclic) bond motifs is 1. The average molecular weight is 353 g/mol. The Labute approximate surface area is 154 Å². The van der Waals surface area contributed by atoms with Gasteiger partial charge in [0.15, 0.2) is 0 Å². The summed E-state index contributed by atoms with van der Waals surface area (Å²) in [6.07, 6.45) is 1.28. The molecule has 3 rings (SSSR count). The van der Waals surface area contributed by atoms with Crippen LogP contribution in [-0.4, -0.2) is 25.7 Å². The number of aromatic nitrogens is 4. The fraction of sp³-hybridized carbons (Fsp3) is 0.450. The van der Waals surface area contributed by atoms with E-state index in [1.54, 1.807) is 0 Å². The molecule has 0 aliphatic carbocycles. The van der Waals surface area contributed by atoms with Gasteiger partial charge in [0.25, 0.3) is 0 Å². The number of hydrogen-bond acceptors (Lipinski definition) is 3. The molecule has 1 aromatic carbocycles. The van der Waals surface area contributed by atoms with E-state index in [2.05, 4.69) is 29.2 Å². The van der Waals surface area contributed by atoms with Gasteiger partial charge in [0.2, 0.25) is 5.91 Å². The minimum absolute atomic E-state index is 0.00467. The monoisotopic (exact) mass is 353 g/mol. The highest BCUT2D eigenvalue weighted by molar-refractivity contribution is 5.80. The lowest BCUT2D eigenvalue weighted by Gasteiger charge is -2.22. The highest BCUT2D eigenvalue weighted by atomic mass is 16.1. The third-order valence-electron chi connectivity index (χ3n) is 5.23. The van der Waals surface area contributed by atoms with Crippen LogP contribution >= 0.6 is 0 Å². The number of rotatable bonds is 6. The Morgan fingerprint density at radius 3 is 2.65 bits per heavy atom. The van der Waals surface area contributed by atoms with Crippen LogP contribution in [0.4, 0.5) is 0 Å². The lowest BCUT2D eigenvalue weighted by atomic mass is 9.98. The molecule has 6 heteroatoms. The summed E-state index contributed by atoms with van der Waals surface area (Å²) in [7, 11) is 1.90. The maximum Gasteiger partial charge on any atom is 0.225 e. The summed E-state index contributed by atoms with van der Waals surface area (Å²) in [5.41, 5.74) is 4.84. The number of H-pyrrole nitrogens is 1. The zero-order chi connectivity index (χ0) is 18.8. The van der Waals surface area contributed by atoms with Crippen LogP contribution in [0.15, 0.2) is 24.3 Å². The van der Waals surface area contributed by atoms with Crippen molar-refractivity contribution in [2.75, 3.05) is 0 Å². The minimum atomic E-state index is -0.141. The summed E-state index contributed by atoms with van der Waals surface area (Å²) in [6, 6.07) is 7.79. The van der Waals surface area contributed by atoms with Crippen molar-refractivity contribution < 1.29 is 4.79 Å². The normalized spacial score (nSPS) is 13.7. The van der Waals surface area contributed by atoms with Crippen molar-refractivity contribution in [3.05, 3.63) is 47.0 Å². The van der Waals surface area contributed by atoms with Gasteiger partial charge in [0.1, 0.15) is 5.82 Å². The van der Waals surface area contributed by atoms with E-state index in [0.29, 0.717) is 6.42 Å². The van der Waals surface area contributed by atoms with E-state index >= 15 is 0 Å². The Balaban J connectivity index is 1.83. The van der Waals surface area contributed by atoms with Crippen molar-refractivity contribution in [3.63, 3.8) is 0 Å². The van der Waals surface area contributed by atoms with E-state index in [9.17, 15) is 4.79 Å². The van der Waals surface area contributed by atoms with Gasteiger partial charge in [0, 0.05) is 18.3 Å². The van der Waals surface area contributed by atoms with Gasteiger partial charge < -0.3 is 10.3 Å². The zero-order valence-electron chi connectivity index (χ0n) is 16.1. The standard InChI is InChI=1S/C20H27N5O/c1-6-12(2)19(20-21-16-9-7-8-10-17(16)22-20)23-18(26)11-15-13(3)24-25(5)14(15)4/h7-10,12,19H,6,11H2,1-5H3,(H,21,22)(H,23,26)/t12-,19+/m1/s1. The molecule has 0 spiro atoms. The molecular formula is C20H27N5O. The van der Waals surface area contributed by atoms with Gasteiger partial charge in [-0.25, -0.2) is 4.98 Å². The fourth-order valence-corrected chi connectivity index (χ4v) is 3.29. The summed E-state index contributed by atoms with van der Waals surface area (Å²) >= 11 is 0. The molecule has 1 amide bonds. The summed E-state index contributed by atoms with van der Waals surface area (Å²) in [5, 5.41) is 7.59. The van der Waals surface area contributed by atoms with Crippen LogP contribution in [0.25, 0.3) is 11.0 Å². The molecule has 138 valence electrons. The second-order valence-corrected chi connectivity index (χ2v) is 7.02. The number of imidazole rings is 1. The average Bonchev–Trinajstić information content (AvgIpc) is 3.15. The van der Waals surface area contributed by atoms with Crippen molar-refractivity contribution in [2.24, 2.45) is 13.0 Å². The number of nitrogens with one attached hydrogen (secondary N) is 2. The lowest BCUT2D eigenvalue weighted by Crippen LogP contribution is -2.34. The van der Waals surface area contributed by atoms with E-state index in [0.717, 1.165) is 40.2 Å². The van der Waals surface area contributed by atoms with E-state index < -0.39 is 0 Å². The van der Waals surface area contributed by atoms with Crippen LogP contribution in [0.1, 0.15) is 49.1 Å². The van der Waals surface area contributed by atoms with Crippen molar-refractivity contribution in [1.29, 1.82) is 0 Å². The van der Waals surface area contributed by atoms with Crippen LogP contribution in [0.5, 0.6) is 0 Å². The van der Waals surface area contributed by atoms with Crippen molar-refractivity contribution in [3.8, 4) is 0 Å². The van der Waals surface area contributed by atoms with Crippen LogP contribution in [0, 0.1) is 19.8 Å². The fourth-order valence-electron chi connectivity index (χ4n) is 3.29. The largest absolute Gasteiger partial charge is 0.346 e. The van der Waals surface area contributed by atoms with Crippen LogP contribution < -0.4 is 5.32 Å². The Morgan fingerprint density at radius 2 is 2.04 bits per heavy atom. The molecule has 3 aromatic rings. The number of para-hydroxylation sites is 2. The predicted molar refractivity (Wildman–Crippen MR) is 103 cm³/mol. The number of amides is 1. The van der Waals surface area contributed by atoms with Gasteiger partial charge in [-0.15, -0.1) is 0 Å².